The van der Waals surface area contributed by atoms with Gasteiger partial charge in [0.1, 0.15) is 5.75 Å². The minimum Gasteiger partial charge on any atom is -0.466 e. The quantitative estimate of drug-likeness (QED) is 0.627. The van der Waals surface area contributed by atoms with Crippen molar-refractivity contribution in [1.29, 1.82) is 0 Å². The number of hydrogen-bond donors (Lipinski definition) is 0. The molecule has 6 heteroatoms. The van der Waals surface area contributed by atoms with E-state index in [1.165, 1.54) is 6.92 Å². The van der Waals surface area contributed by atoms with E-state index in [4.69, 9.17) is 9.47 Å². The molecule has 1 aliphatic heterocycles. The van der Waals surface area contributed by atoms with Crippen molar-refractivity contribution in [2.75, 3.05) is 19.7 Å². The lowest BCUT2D eigenvalue weighted by molar-refractivity contribution is -0.149. The standard InChI is InChI=1S/C17H21NO5/c1-3-22-17(21)13-8-10-18(11-9-13)16(20)14-6-4-5-7-15(14)23-12(2)19/h4-7,13H,3,8-11H2,1-2H3. The summed E-state index contributed by atoms with van der Waals surface area (Å²) in [6, 6.07) is 6.67. The molecule has 0 atom stereocenters. The Morgan fingerprint density at radius 1 is 1.17 bits per heavy atom. The minimum atomic E-state index is -0.466. The van der Waals surface area contributed by atoms with Crippen LogP contribution in [0, 0.1) is 5.92 Å². The second-order valence-electron chi connectivity index (χ2n) is 5.41. The molecular weight excluding hydrogens is 298 g/mol. The smallest absolute Gasteiger partial charge is 0.309 e. The van der Waals surface area contributed by atoms with Gasteiger partial charge < -0.3 is 14.4 Å². The van der Waals surface area contributed by atoms with Crippen molar-refractivity contribution in [2.45, 2.75) is 26.7 Å². The van der Waals surface area contributed by atoms with Gasteiger partial charge >= 0.3 is 11.9 Å². The number of ether oxygens (including phenoxy) is 2. The molecule has 0 spiro atoms. The zero-order chi connectivity index (χ0) is 16.8. The number of piperidine rings is 1. The summed E-state index contributed by atoms with van der Waals surface area (Å²) in [6.45, 7) is 4.41. The molecule has 1 amide bonds. The Morgan fingerprint density at radius 3 is 2.43 bits per heavy atom. The fourth-order valence-corrected chi connectivity index (χ4v) is 2.64. The number of likely N-dealkylation sites (tertiary alicyclic amines) is 1. The summed E-state index contributed by atoms with van der Waals surface area (Å²) < 4.78 is 10.1. The average molecular weight is 319 g/mol. The molecule has 1 aromatic carbocycles. The van der Waals surface area contributed by atoms with Crippen LogP contribution >= 0.6 is 0 Å². The number of esters is 2. The lowest BCUT2D eigenvalue weighted by atomic mass is 9.96. The van der Waals surface area contributed by atoms with Crippen molar-refractivity contribution in [3.05, 3.63) is 29.8 Å². The van der Waals surface area contributed by atoms with Crippen molar-refractivity contribution < 1.29 is 23.9 Å². The first-order chi connectivity index (χ1) is 11.0. The van der Waals surface area contributed by atoms with Crippen molar-refractivity contribution in [2.24, 2.45) is 5.92 Å². The maximum atomic E-state index is 12.6. The van der Waals surface area contributed by atoms with Crippen LogP contribution in [0.3, 0.4) is 0 Å². The van der Waals surface area contributed by atoms with Gasteiger partial charge in [-0.1, -0.05) is 12.1 Å². The van der Waals surface area contributed by atoms with E-state index in [-0.39, 0.29) is 23.5 Å². The van der Waals surface area contributed by atoms with Crippen LogP contribution in [0.15, 0.2) is 24.3 Å². The van der Waals surface area contributed by atoms with Crippen molar-refractivity contribution >= 4 is 17.8 Å². The number of carbonyl (C=O) groups excluding carboxylic acids is 3. The van der Waals surface area contributed by atoms with E-state index in [1.54, 1.807) is 36.1 Å². The van der Waals surface area contributed by atoms with Crippen LogP contribution in [0.5, 0.6) is 5.75 Å². The third-order valence-electron chi connectivity index (χ3n) is 3.77. The van der Waals surface area contributed by atoms with Gasteiger partial charge in [-0.2, -0.15) is 0 Å². The van der Waals surface area contributed by atoms with Crippen LogP contribution in [0.25, 0.3) is 0 Å². The highest BCUT2D eigenvalue weighted by molar-refractivity contribution is 5.97. The number of nitrogens with zero attached hydrogens (tertiary/aromatic N) is 1. The number of benzene rings is 1. The summed E-state index contributed by atoms with van der Waals surface area (Å²) in [5.74, 6) is -0.740. The van der Waals surface area contributed by atoms with E-state index in [0.717, 1.165) is 0 Å². The van der Waals surface area contributed by atoms with Crippen LogP contribution in [-0.4, -0.2) is 42.4 Å². The Balaban J connectivity index is 2.03. The van der Waals surface area contributed by atoms with Gasteiger partial charge in [0.05, 0.1) is 18.1 Å². The molecule has 0 radical (unpaired) electrons. The molecule has 1 heterocycles. The topological polar surface area (TPSA) is 72.9 Å². The van der Waals surface area contributed by atoms with Gasteiger partial charge in [-0.05, 0) is 31.9 Å². The molecule has 2 rings (SSSR count). The fourth-order valence-electron chi connectivity index (χ4n) is 2.64. The van der Waals surface area contributed by atoms with Gasteiger partial charge in [-0.3, -0.25) is 14.4 Å². The summed E-state index contributed by atoms with van der Waals surface area (Å²) in [7, 11) is 0. The van der Waals surface area contributed by atoms with Crippen LogP contribution in [0.2, 0.25) is 0 Å². The van der Waals surface area contributed by atoms with Crippen LogP contribution in [0.4, 0.5) is 0 Å². The van der Waals surface area contributed by atoms with Crippen molar-refractivity contribution in [1.82, 2.24) is 4.90 Å². The number of carbonyl (C=O) groups is 3. The highest BCUT2D eigenvalue weighted by Gasteiger charge is 2.29. The zero-order valence-corrected chi connectivity index (χ0v) is 13.4. The van der Waals surface area contributed by atoms with Crippen LogP contribution in [0.1, 0.15) is 37.0 Å². The molecule has 0 bridgehead atoms. The van der Waals surface area contributed by atoms with E-state index >= 15 is 0 Å². The Labute approximate surface area is 135 Å². The molecule has 124 valence electrons. The lowest BCUT2D eigenvalue weighted by Gasteiger charge is -2.31. The molecule has 23 heavy (non-hydrogen) atoms. The maximum absolute atomic E-state index is 12.6. The maximum Gasteiger partial charge on any atom is 0.309 e. The molecule has 1 aliphatic rings. The molecule has 1 saturated heterocycles. The van der Waals surface area contributed by atoms with Crippen LogP contribution in [-0.2, 0) is 14.3 Å². The number of para-hydroxylation sites is 1. The lowest BCUT2D eigenvalue weighted by Crippen LogP contribution is -2.40. The Bertz CT molecular complexity index is 590. The van der Waals surface area contributed by atoms with Crippen molar-refractivity contribution in [3.63, 3.8) is 0 Å². The highest BCUT2D eigenvalue weighted by atomic mass is 16.5. The number of amides is 1. The van der Waals surface area contributed by atoms with Crippen molar-refractivity contribution in [3.8, 4) is 5.75 Å². The minimum absolute atomic E-state index is 0.150. The van der Waals surface area contributed by atoms with Gasteiger partial charge in [0.2, 0.25) is 0 Å². The summed E-state index contributed by atoms with van der Waals surface area (Å²) >= 11 is 0. The molecule has 0 aliphatic carbocycles. The summed E-state index contributed by atoms with van der Waals surface area (Å²) in [5.41, 5.74) is 0.359. The number of rotatable bonds is 4. The SMILES string of the molecule is CCOC(=O)C1CCN(C(=O)c2ccccc2OC(C)=O)CC1. The van der Waals surface area contributed by atoms with Gasteiger partial charge in [0.15, 0.2) is 0 Å². The van der Waals surface area contributed by atoms with Gasteiger partial charge in [-0.25, -0.2) is 0 Å². The Morgan fingerprint density at radius 2 is 1.83 bits per heavy atom. The molecule has 0 N–H and O–H groups in total. The molecule has 0 unspecified atom stereocenters. The fraction of sp³-hybridized carbons (Fsp3) is 0.471. The predicted molar refractivity (Wildman–Crippen MR) is 83.0 cm³/mol. The summed E-state index contributed by atoms with van der Waals surface area (Å²) in [4.78, 5) is 37.2. The monoisotopic (exact) mass is 319 g/mol. The van der Waals surface area contributed by atoms with E-state index in [9.17, 15) is 14.4 Å². The van der Waals surface area contributed by atoms with Gasteiger partial charge in [0, 0.05) is 20.0 Å². The Kier molecular flexibility index (Phi) is 5.73. The largest absolute Gasteiger partial charge is 0.466 e. The van der Waals surface area contributed by atoms with E-state index in [0.29, 0.717) is 38.1 Å². The van der Waals surface area contributed by atoms with Gasteiger partial charge in [-0.15, -0.1) is 0 Å². The first-order valence-electron chi connectivity index (χ1n) is 7.76. The normalized spacial score (nSPS) is 15.1. The highest BCUT2D eigenvalue weighted by Crippen LogP contribution is 2.24. The third-order valence-corrected chi connectivity index (χ3v) is 3.77. The molecular formula is C17H21NO5. The first-order valence-corrected chi connectivity index (χ1v) is 7.76. The number of hydrogen-bond acceptors (Lipinski definition) is 5. The first kappa shape index (κ1) is 17.0. The molecule has 0 saturated carbocycles. The second-order valence-corrected chi connectivity index (χ2v) is 5.41. The third kappa shape index (κ3) is 4.31. The molecule has 0 aromatic heterocycles. The van der Waals surface area contributed by atoms with Crippen LogP contribution < -0.4 is 4.74 Å². The Hall–Kier alpha value is -2.37. The summed E-state index contributed by atoms with van der Waals surface area (Å²) in [6.07, 6.45) is 1.17. The predicted octanol–water partition coefficient (Wildman–Crippen LogP) is 2.03. The molecule has 1 fully saturated rings. The van der Waals surface area contributed by atoms with E-state index < -0.39 is 5.97 Å². The van der Waals surface area contributed by atoms with Gasteiger partial charge in [0.25, 0.3) is 5.91 Å². The zero-order valence-electron chi connectivity index (χ0n) is 13.4. The molecule has 6 nitrogen and oxygen atoms in total. The molecule has 1 aromatic rings. The van der Waals surface area contributed by atoms with E-state index in [1.807, 2.05) is 0 Å². The second kappa shape index (κ2) is 7.76. The van der Waals surface area contributed by atoms with E-state index in [2.05, 4.69) is 0 Å². The summed E-state index contributed by atoms with van der Waals surface area (Å²) in [5, 5.41) is 0. The average Bonchev–Trinajstić information content (AvgIpc) is 2.54.